The van der Waals surface area contributed by atoms with E-state index in [0.29, 0.717) is 0 Å². The van der Waals surface area contributed by atoms with Crippen LogP contribution in [0.3, 0.4) is 0 Å². The minimum absolute atomic E-state index is 0.185. The van der Waals surface area contributed by atoms with E-state index in [2.05, 4.69) is 76.2 Å². The van der Waals surface area contributed by atoms with Gasteiger partial charge < -0.3 is 4.90 Å². The second-order valence-electron chi connectivity index (χ2n) is 5.82. The molecule has 0 aliphatic heterocycles. The Kier molecular flexibility index (Phi) is 2.86. The average molecular weight is 227 g/mol. The SMILES string of the molecule is CN(C)c1cccc2c(C(C)(C)C)cccc12. The molecule has 0 aliphatic carbocycles. The molecule has 0 spiro atoms. The summed E-state index contributed by atoms with van der Waals surface area (Å²) in [6, 6.07) is 13.2. The van der Waals surface area contributed by atoms with Gasteiger partial charge in [0.2, 0.25) is 0 Å². The first kappa shape index (κ1) is 12.0. The fourth-order valence-corrected chi connectivity index (χ4v) is 2.34. The summed E-state index contributed by atoms with van der Waals surface area (Å²) in [5.74, 6) is 0. The van der Waals surface area contributed by atoms with E-state index in [1.807, 2.05) is 0 Å². The van der Waals surface area contributed by atoms with Crippen LogP contribution in [-0.4, -0.2) is 14.1 Å². The smallest absolute Gasteiger partial charge is 0.0440 e. The lowest BCUT2D eigenvalue weighted by Crippen LogP contribution is -2.13. The average Bonchev–Trinajstić information content (AvgIpc) is 2.26. The summed E-state index contributed by atoms with van der Waals surface area (Å²) in [6.07, 6.45) is 0. The zero-order valence-corrected chi connectivity index (χ0v) is 11.4. The van der Waals surface area contributed by atoms with E-state index in [9.17, 15) is 0 Å². The van der Waals surface area contributed by atoms with Crippen LogP contribution in [0, 0.1) is 0 Å². The van der Waals surface area contributed by atoms with Crippen molar-refractivity contribution in [2.24, 2.45) is 0 Å². The van der Waals surface area contributed by atoms with Gasteiger partial charge in [0.15, 0.2) is 0 Å². The van der Waals surface area contributed by atoms with Crippen LogP contribution < -0.4 is 4.90 Å². The van der Waals surface area contributed by atoms with Crippen molar-refractivity contribution in [3.05, 3.63) is 42.0 Å². The van der Waals surface area contributed by atoms with E-state index in [-0.39, 0.29) is 5.41 Å². The van der Waals surface area contributed by atoms with E-state index in [0.717, 1.165) is 0 Å². The van der Waals surface area contributed by atoms with Gasteiger partial charge in [0.05, 0.1) is 0 Å². The Bertz CT molecular complexity index is 533. The molecule has 0 N–H and O–H groups in total. The van der Waals surface area contributed by atoms with Gasteiger partial charge in [0.1, 0.15) is 0 Å². The molecule has 2 rings (SSSR count). The van der Waals surface area contributed by atoms with Gasteiger partial charge in [-0.1, -0.05) is 51.1 Å². The van der Waals surface area contributed by atoms with E-state index >= 15 is 0 Å². The second kappa shape index (κ2) is 4.06. The lowest BCUT2D eigenvalue weighted by Gasteiger charge is -2.23. The molecule has 2 aromatic rings. The molecule has 0 radical (unpaired) electrons. The molecule has 17 heavy (non-hydrogen) atoms. The maximum atomic E-state index is 2.27. The molecular weight excluding hydrogens is 206 g/mol. The number of hydrogen-bond donors (Lipinski definition) is 0. The van der Waals surface area contributed by atoms with Crippen LogP contribution in [0.4, 0.5) is 5.69 Å². The molecule has 1 nitrogen and oxygen atoms in total. The summed E-state index contributed by atoms with van der Waals surface area (Å²) in [4.78, 5) is 2.18. The highest BCUT2D eigenvalue weighted by Crippen LogP contribution is 2.33. The Labute approximate surface area is 104 Å². The molecule has 0 unspecified atom stereocenters. The number of benzene rings is 2. The topological polar surface area (TPSA) is 3.24 Å². The van der Waals surface area contributed by atoms with Crippen LogP contribution in [0.15, 0.2) is 36.4 Å². The van der Waals surface area contributed by atoms with Crippen LogP contribution in [0.1, 0.15) is 26.3 Å². The first-order valence-corrected chi connectivity index (χ1v) is 6.11. The minimum atomic E-state index is 0.185. The van der Waals surface area contributed by atoms with E-state index < -0.39 is 0 Å². The summed E-state index contributed by atoms with van der Waals surface area (Å²) in [5, 5.41) is 2.70. The number of nitrogens with zero attached hydrogens (tertiary/aromatic N) is 1. The van der Waals surface area contributed by atoms with Crippen molar-refractivity contribution >= 4 is 16.5 Å². The van der Waals surface area contributed by atoms with Crippen LogP contribution in [0.5, 0.6) is 0 Å². The zero-order valence-electron chi connectivity index (χ0n) is 11.4. The molecule has 0 aliphatic rings. The first-order valence-electron chi connectivity index (χ1n) is 6.11. The van der Waals surface area contributed by atoms with Crippen molar-refractivity contribution in [2.45, 2.75) is 26.2 Å². The minimum Gasteiger partial charge on any atom is -0.377 e. The van der Waals surface area contributed by atoms with Crippen molar-refractivity contribution in [2.75, 3.05) is 19.0 Å². The largest absolute Gasteiger partial charge is 0.377 e. The molecule has 1 heteroatoms. The summed E-state index contributed by atoms with van der Waals surface area (Å²) in [7, 11) is 4.19. The molecule has 0 atom stereocenters. The Morgan fingerprint density at radius 3 is 2.00 bits per heavy atom. The molecule has 0 bridgehead atoms. The lowest BCUT2D eigenvalue weighted by molar-refractivity contribution is 0.596. The van der Waals surface area contributed by atoms with Gasteiger partial charge in [-0.2, -0.15) is 0 Å². The Hall–Kier alpha value is -1.50. The molecule has 0 amide bonds. The summed E-state index contributed by atoms with van der Waals surface area (Å²) in [6.45, 7) is 6.80. The Morgan fingerprint density at radius 1 is 0.824 bits per heavy atom. The van der Waals surface area contributed by atoms with Crippen LogP contribution in [-0.2, 0) is 5.41 Å². The lowest BCUT2D eigenvalue weighted by atomic mass is 9.83. The summed E-state index contributed by atoms with van der Waals surface area (Å²) >= 11 is 0. The quantitative estimate of drug-likeness (QED) is 0.705. The van der Waals surface area contributed by atoms with Crippen LogP contribution >= 0.6 is 0 Å². The maximum Gasteiger partial charge on any atom is 0.0440 e. The summed E-state index contributed by atoms with van der Waals surface area (Å²) in [5.41, 5.74) is 2.89. The van der Waals surface area contributed by atoms with E-state index in [4.69, 9.17) is 0 Å². The number of anilines is 1. The first-order chi connectivity index (χ1) is 7.91. The van der Waals surface area contributed by atoms with Gasteiger partial charge >= 0.3 is 0 Å². The molecule has 90 valence electrons. The predicted molar refractivity (Wildman–Crippen MR) is 77.0 cm³/mol. The van der Waals surface area contributed by atoms with Crippen molar-refractivity contribution in [3.63, 3.8) is 0 Å². The highest BCUT2D eigenvalue weighted by atomic mass is 15.1. The highest BCUT2D eigenvalue weighted by Gasteiger charge is 2.17. The van der Waals surface area contributed by atoms with Crippen molar-refractivity contribution in [1.82, 2.24) is 0 Å². The van der Waals surface area contributed by atoms with Gasteiger partial charge in [-0.25, -0.2) is 0 Å². The van der Waals surface area contributed by atoms with Crippen molar-refractivity contribution < 1.29 is 0 Å². The van der Waals surface area contributed by atoms with Crippen molar-refractivity contribution in [1.29, 1.82) is 0 Å². The van der Waals surface area contributed by atoms with E-state index in [1.54, 1.807) is 0 Å². The van der Waals surface area contributed by atoms with Crippen LogP contribution in [0.2, 0.25) is 0 Å². The molecule has 2 aromatic carbocycles. The van der Waals surface area contributed by atoms with Gasteiger partial charge in [0.25, 0.3) is 0 Å². The standard InChI is InChI=1S/C16H21N/c1-16(2,3)14-10-6-9-13-12(14)8-7-11-15(13)17(4)5/h6-11H,1-5H3. The molecule has 0 heterocycles. The molecule has 0 aromatic heterocycles. The third-order valence-corrected chi connectivity index (χ3v) is 3.19. The Balaban J connectivity index is 2.79. The fourth-order valence-electron chi connectivity index (χ4n) is 2.34. The van der Waals surface area contributed by atoms with Crippen molar-refractivity contribution in [3.8, 4) is 0 Å². The monoisotopic (exact) mass is 227 g/mol. The number of fused-ring (bicyclic) bond motifs is 1. The number of hydrogen-bond acceptors (Lipinski definition) is 1. The van der Waals surface area contributed by atoms with E-state index in [1.165, 1.54) is 22.0 Å². The van der Waals surface area contributed by atoms with Gasteiger partial charge in [-0.3, -0.25) is 0 Å². The van der Waals surface area contributed by atoms with Crippen LogP contribution in [0.25, 0.3) is 10.8 Å². The summed E-state index contributed by atoms with van der Waals surface area (Å²) < 4.78 is 0. The molecule has 0 fully saturated rings. The predicted octanol–water partition coefficient (Wildman–Crippen LogP) is 4.20. The van der Waals surface area contributed by atoms with Gasteiger partial charge in [0, 0.05) is 25.2 Å². The molecule has 0 saturated carbocycles. The third-order valence-electron chi connectivity index (χ3n) is 3.19. The number of rotatable bonds is 1. The zero-order chi connectivity index (χ0) is 12.6. The normalized spacial score (nSPS) is 11.8. The highest BCUT2D eigenvalue weighted by molar-refractivity contribution is 5.96. The maximum absolute atomic E-state index is 2.27. The van der Waals surface area contributed by atoms with Gasteiger partial charge in [-0.05, 0) is 22.4 Å². The van der Waals surface area contributed by atoms with Gasteiger partial charge in [-0.15, -0.1) is 0 Å². The Morgan fingerprint density at radius 2 is 1.41 bits per heavy atom. The molecule has 0 saturated heterocycles. The fraction of sp³-hybridized carbons (Fsp3) is 0.375. The molecular formula is C16H21N. The second-order valence-corrected chi connectivity index (χ2v) is 5.82. The third kappa shape index (κ3) is 2.14.